The van der Waals surface area contributed by atoms with Gasteiger partial charge in [-0.25, -0.2) is 13.6 Å². The van der Waals surface area contributed by atoms with Crippen molar-refractivity contribution in [2.75, 3.05) is 10.6 Å². The van der Waals surface area contributed by atoms with Crippen LogP contribution in [0.15, 0.2) is 56.9 Å². The zero-order valence-corrected chi connectivity index (χ0v) is 14.6. The Morgan fingerprint density at radius 2 is 1.50 bits per heavy atom. The third-order valence-electron chi connectivity index (χ3n) is 3.58. The minimum atomic E-state index is -4.30. The molecular formula is C16H12ClN3O5S. The summed E-state index contributed by atoms with van der Waals surface area (Å²) in [6.45, 7) is 0. The normalized spacial score (nSPS) is 11.5. The van der Waals surface area contributed by atoms with Crippen LogP contribution in [0, 0.1) is 0 Å². The first-order valence-corrected chi connectivity index (χ1v) is 9.09. The van der Waals surface area contributed by atoms with Crippen LogP contribution in [0.2, 0.25) is 5.02 Å². The molecule has 0 atom stereocenters. The molecule has 0 saturated heterocycles. The van der Waals surface area contributed by atoms with Crippen LogP contribution < -0.4 is 26.6 Å². The van der Waals surface area contributed by atoms with Gasteiger partial charge in [0.1, 0.15) is 16.3 Å². The summed E-state index contributed by atoms with van der Waals surface area (Å²) in [6, 6.07) is 11.1. The Kier molecular flexibility index (Phi) is 4.45. The van der Waals surface area contributed by atoms with E-state index in [1.807, 2.05) is 0 Å². The van der Waals surface area contributed by atoms with Crippen molar-refractivity contribution in [2.45, 2.75) is 4.90 Å². The predicted octanol–water partition coefficient (Wildman–Crippen LogP) is 1.78. The second-order valence-electron chi connectivity index (χ2n) is 5.34. The molecule has 26 heavy (non-hydrogen) atoms. The number of benzene rings is 2. The van der Waals surface area contributed by atoms with E-state index in [1.165, 1.54) is 12.1 Å². The number of phenols is 1. The molecule has 3 aromatic carbocycles. The fraction of sp³-hybridized carbons (Fsp3) is 0. The van der Waals surface area contributed by atoms with E-state index in [0.29, 0.717) is 5.69 Å². The molecule has 0 aliphatic heterocycles. The van der Waals surface area contributed by atoms with Gasteiger partial charge < -0.3 is 15.7 Å². The van der Waals surface area contributed by atoms with Gasteiger partial charge in [0, 0.05) is 5.69 Å². The van der Waals surface area contributed by atoms with Crippen molar-refractivity contribution in [3.63, 3.8) is 0 Å². The fourth-order valence-corrected chi connectivity index (χ4v) is 3.54. The number of primary sulfonamides is 1. The van der Waals surface area contributed by atoms with Crippen molar-refractivity contribution in [3.8, 4) is 5.75 Å². The van der Waals surface area contributed by atoms with Gasteiger partial charge >= 0.3 is 0 Å². The van der Waals surface area contributed by atoms with Crippen LogP contribution >= 0.6 is 11.6 Å². The quantitative estimate of drug-likeness (QED) is 0.382. The standard InChI is InChI=1S/C16H12ClN3O5S/c17-9-6-7-10(13(21)16(9)26(18,24)25)20-12-11(14(22)15(12)23)19-8-4-2-1-3-5-8/h1-7,19-21H,(H2,18,24,25). The van der Waals surface area contributed by atoms with E-state index in [1.54, 1.807) is 30.3 Å². The van der Waals surface area contributed by atoms with Crippen molar-refractivity contribution in [1.82, 2.24) is 0 Å². The van der Waals surface area contributed by atoms with Crippen molar-refractivity contribution < 1.29 is 13.5 Å². The van der Waals surface area contributed by atoms with Crippen LogP contribution in [0.3, 0.4) is 0 Å². The van der Waals surface area contributed by atoms with Crippen LogP contribution in [0.4, 0.5) is 22.7 Å². The fourth-order valence-electron chi connectivity index (χ4n) is 2.35. The van der Waals surface area contributed by atoms with E-state index >= 15 is 0 Å². The number of hydrogen-bond acceptors (Lipinski definition) is 7. The number of nitrogens with one attached hydrogen (secondary N) is 2. The summed E-state index contributed by atoms with van der Waals surface area (Å²) in [5.74, 6) is -0.751. The highest BCUT2D eigenvalue weighted by atomic mass is 35.5. The summed E-state index contributed by atoms with van der Waals surface area (Å²) < 4.78 is 23.2. The van der Waals surface area contributed by atoms with E-state index in [-0.39, 0.29) is 22.1 Å². The Balaban J connectivity index is 2.00. The molecule has 3 rings (SSSR count). The minimum Gasteiger partial charge on any atom is -0.504 e. The molecule has 0 spiro atoms. The van der Waals surface area contributed by atoms with Crippen molar-refractivity contribution >= 4 is 44.4 Å². The monoisotopic (exact) mass is 393 g/mol. The molecular weight excluding hydrogens is 382 g/mol. The number of nitrogens with two attached hydrogens (primary N) is 1. The third kappa shape index (κ3) is 3.15. The van der Waals surface area contributed by atoms with Crippen LogP contribution in [0.1, 0.15) is 0 Å². The van der Waals surface area contributed by atoms with E-state index < -0.39 is 31.5 Å². The lowest BCUT2D eigenvalue weighted by molar-refractivity contribution is 0.461. The predicted molar refractivity (Wildman–Crippen MR) is 98.9 cm³/mol. The second kappa shape index (κ2) is 6.45. The number of halogens is 1. The Morgan fingerprint density at radius 3 is 2.08 bits per heavy atom. The molecule has 0 aliphatic carbocycles. The number of anilines is 4. The molecule has 10 heteroatoms. The zero-order valence-electron chi connectivity index (χ0n) is 13.0. The van der Waals surface area contributed by atoms with Gasteiger partial charge in [-0.1, -0.05) is 29.8 Å². The van der Waals surface area contributed by atoms with Gasteiger partial charge in [0.05, 0.1) is 10.7 Å². The average Bonchev–Trinajstić information content (AvgIpc) is 2.59. The highest BCUT2D eigenvalue weighted by Crippen LogP contribution is 2.38. The summed E-state index contributed by atoms with van der Waals surface area (Å²) in [5, 5.41) is 20.3. The highest BCUT2D eigenvalue weighted by molar-refractivity contribution is 7.89. The maximum atomic E-state index is 11.9. The molecule has 0 saturated carbocycles. The van der Waals surface area contributed by atoms with Gasteiger partial charge in [-0.3, -0.25) is 9.59 Å². The lowest BCUT2D eigenvalue weighted by atomic mass is 10.1. The largest absolute Gasteiger partial charge is 0.504 e. The molecule has 5 N–H and O–H groups in total. The van der Waals surface area contributed by atoms with Gasteiger partial charge in [-0.05, 0) is 24.3 Å². The first kappa shape index (κ1) is 17.9. The van der Waals surface area contributed by atoms with Crippen molar-refractivity contribution in [3.05, 3.63) is 67.9 Å². The lowest BCUT2D eigenvalue weighted by Gasteiger charge is -2.16. The summed E-state index contributed by atoms with van der Waals surface area (Å²) >= 11 is 5.77. The zero-order chi connectivity index (χ0) is 19.1. The maximum absolute atomic E-state index is 11.9. The third-order valence-corrected chi connectivity index (χ3v) is 4.99. The summed E-state index contributed by atoms with van der Waals surface area (Å²) in [5.41, 5.74) is -1.23. The van der Waals surface area contributed by atoms with Gasteiger partial charge in [0.15, 0.2) is 5.75 Å². The van der Waals surface area contributed by atoms with Crippen molar-refractivity contribution in [2.24, 2.45) is 5.14 Å². The van der Waals surface area contributed by atoms with E-state index in [9.17, 15) is 23.1 Å². The molecule has 0 amide bonds. The maximum Gasteiger partial charge on any atom is 0.253 e. The molecule has 0 heterocycles. The highest BCUT2D eigenvalue weighted by Gasteiger charge is 2.25. The molecule has 8 nitrogen and oxygen atoms in total. The van der Waals surface area contributed by atoms with Crippen LogP contribution in [-0.2, 0) is 10.0 Å². The molecule has 0 bridgehead atoms. The van der Waals surface area contributed by atoms with E-state index in [2.05, 4.69) is 10.6 Å². The SMILES string of the molecule is NS(=O)(=O)c1c(Cl)ccc(Nc2c(Nc3ccccc3)c(=O)c2=O)c1O. The van der Waals surface area contributed by atoms with E-state index in [0.717, 1.165) is 0 Å². The number of aromatic hydroxyl groups is 1. The van der Waals surface area contributed by atoms with Gasteiger partial charge in [0.2, 0.25) is 10.0 Å². The number of sulfonamides is 1. The van der Waals surface area contributed by atoms with Crippen molar-refractivity contribution in [1.29, 1.82) is 0 Å². The average molecular weight is 394 g/mol. The van der Waals surface area contributed by atoms with Gasteiger partial charge in [-0.15, -0.1) is 0 Å². The summed E-state index contributed by atoms with van der Waals surface area (Å²) in [6.07, 6.45) is 0. The van der Waals surface area contributed by atoms with Crippen LogP contribution in [0.5, 0.6) is 5.75 Å². The Labute approximate surface area is 152 Å². The first-order chi connectivity index (χ1) is 12.2. The molecule has 134 valence electrons. The molecule has 0 fully saturated rings. The Bertz CT molecular complexity index is 1170. The number of rotatable bonds is 5. The number of para-hydroxylation sites is 1. The molecule has 3 aromatic rings. The second-order valence-corrected chi connectivity index (χ2v) is 7.25. The van der Waals surface area contributed by atoms with Gasteiger partial charge in [0.25, 0.3) is 10.9 Å². The first-order valence-electron chi connectivity index (χ1n) is 7.17. The van der Waals surface area contributed by atoms with Crippen LogP contribution in [-0.4, -0.2) is 13.5 Å². The summed E-state index contributed by atoms with van der Waals surface area (Å²) in [7, 11) is -4.30. The Morgan fingerprint density at radius 1 is 0.923 bits per heavy atom. The summed E-state index contributed by atoms with van der Waals surface area (Å²) in [4.78, 5) is 23.0. The number of phenolic OH excluding ortho intramolecular Hbond substituents is 1. The van der Waals surface area contributed by atoms with Crippen LogP contribution in [0.25, 0.3) is 0 Å². The molecule has 0 aliphatic rings. The number of hydrogen-bond donors (Lipinski definition) is 4. The topological polar surface area (TPSA) is 139 Å². The Hall–Kier alpha value is -2.88. The molecule has 0 aromatic heterocycles. The lowest BCUT2D eigenvalue weighted by Crippen LogP contribution is -2.35. The molecule has 0 radical (unpaired) electrons. The molecule has 0 unspecified atom stereocenters. The van der Waals surface area contributed by atoms with E-state index in [4.69, 9.17) is 16.7 Å². The minimum absolute atomic E-state index is 0.00675. The smallest absolute Gasteiger partial charge is 0.253 e. The van der Waals surface area contributed by atoms with Gasteiger partial charge in [-0.2, -0.15) is 0 Å².